The predicted octanol–water partition coefficient (Wildman–Crippen LogP) is 5.13. The quantitative estimate of drug-likeness (QED) is 0.671. The number of hydrogen-bond acceptors (Lipinski definition) is 4. The van der Waals surface area contributed by atoms with E-state index >= 15 is 0 Å². The van der Waals surface area contributed by atoms with Crippen molar-refractivity contribution in [3.63, 3.8) is 0 Å². The number of fused-ring (bicyclic) bond motifs is 1. The third-order valence-electron chi connectivity index (χ3n) is 5.34. The number of aryl methyl sites for hydroxylation is 4. The Kier molecular flexibility index (Phi) is 5.18. The summed E-state index contributed by atoms with van der Waals surface area (Å²) in [7, 11) is 0. The first-order valence-corrected chi connectivity index (χ1v) is 10.5. The fourth-order valence-electron chi connectivity index (χ4n) is 3.66. The zero-order valence-electron chi connectivity index (χ0n) is 16.6. The van der Waals surface area contributed by atoms with Crippen molar-refractivity contribution < 1.29 is 4.79 Å². The van der Waals surface area contributed by atoms with E-state index in [2.05, 4.69) is 72.4 Å². The average Bonchev–Trinajstić information content (AvgIpc) is 3.12. The molecule has 0 saturated heterocycles. The Morgan fingerprint density at radius 2 is 2.00 bits per heavy atom. The van der Waals surface area contributed by atoms with Gasteiger partial charge in [-0.05, 0) is 62.4 Å². The molecule has 0 saturated carbocycles. The number of thiazole rings is 1. The van der Waals surface area contributed by atoms with Gasteiger partial charge in [-0.15, -0.1) is 11.3 Å². The highest BCUT2D eigenvalue weighted by atomic mass is 32.1. The smallest absolute Gasteiger partial charge is 0.245 e. The molecule has 1 amide bonds. The van der Waals surface area contributed by atoms with Crippen LogP contribution >= 0.6 is 11.3 Å². The highest BCUT2D eigenvalue weighted by Crippen LogP contribution is 2.29. The van der Waals surface area contributed by atoms with Crippen LogP contribution in [-0.2, 0) is 11.2 Å². The molecule has 1 aliphatic rings. The van der Waals surface area contributed by atoms with Gasteiger partial charge in [0.25, 0.3) is 0 Å². The molecule has 0 radical (unpaired) electrons. The third kappa shape index (κ3) is 3.94. The number of carbonyl (C=O) groups excluding carboxylic acids is 1. The Labute approximate surface area is 170 Å². The van der Waals surface area contributed by atoms with E-state index in [1.54, 1.807) is 0 Å². The van der Waals surface area contributed by atoms with Crippen molar-refractivity contribution in [1.29, 1.82) is 0 Å². The molecule has 1 N–H and O–H groups in total. The second-order valence-electron chi connectivity index (χ2n) is 7.54. The van der Waals surface area contributed by atoms with Gasteiger partial charge in [-0.2, -0.15) is 0 Å². The monoisotopic (exact) mass is 391 g/mol. The number of anilines is 2. The molecule has 0 spiro atoms. The summed E-state index contributed by atoms with van der Waals surface area (Å²) >= 11 is 1.47. The van der Waals surface area contributed by atoms with Crippen molar-refractivity contribution in [2.75, 3.05) is 23.3 Å². The van der Waals surface area contributed by atoms with Crippen LogP contribution in [0, 0.1) is 20.8 Å². The number of carbonyl (C=O) groups is 1. The van der Waals surface area contributed by atoms with Crippen LogP contribution in [0.2, 0.25) is 0 Å². The molecule has 4 rings (SSSR count). The first-order chi connectivity index (χ1) is 13.5. The predicted molar refractivity (Wildman–Crippen MR) is 117 cm³/mol. The molecule has 0 bridgehead atoms. The summed E-state index contributed by atoms with van der Waals surface area (Å²) in [5.41, 5.74) is 8.29. The van der Waals surface area contributed by atoms with E-state index in [0.29, 0.717) is 11.7 Å². The second kappa shape index (κ2) is 7.76. The summed E-state index contributed by atoms with van der Waals surface area (Å²) in [6.07, 6.45) is 2.17. The molecule has 5 heteroatoms. The molecule has 0 fully saturated rings. The summed E-state index contributed by atoms with van der Waals surface area (Å²) in [6.45, 7) is 7.59. The lowest BCUT2D eigenvalue weighted by Gasteiger charge is -2.30. The normalized spacial score (nSPS) is 13.3. The lowest BCUT2D eigenvalue weighted by molar-refractivity contribution is -0.115. The van der Waals surface area contributed by atoms with Gasteiger partial charge in [0.15, 0.2) is 5.13 Å². The Hall–Kier alpha value is -2.66. The molecule has 28 heavy (non-hydrogen) atoms. The van der Waals surface area contributed by atoms with Gasteiger partial charge in [-0.3, -0.25) is 4.79 Å². The summed E-state index contributed by atoms with van der Waals surface area (Å²) in [5.74, 6) is -0.0191. The van der Waals surface area contributed by atoms with E-state index in [1.807, 2.05) is 5.38 Å². The van der Waals surface area contributed by atoms with Gasteiger partial charge < -0.3 is 10.2 Å². The number of benzene rings is 2. The zero-order chi connectivity index (χ0) is 19.7. The Balaban J connectivity index is 1.44. The summed E-state index contributed by atoms with van der Waals surface area (Å²) < 4.78 is 0. The summed E-state index contributed by atoms with van der Waals surface area (Å²) in [5, 5.41) is 5.63. The molecule has 3 aromatic rings. The first-order valence-electron chi connectivity index (χ1n) is 9.67. The molecular formula is C23H25N3OS. The molecule has 0 aliphatic carbocycles. The number of hydrogen-bond donors (Lipinski definition) is 1. The van der Waals surface area contributed by atoms with E-state index in [9.17, 15) is 4.79 Å². The number of rotatable bonds is 4. The van der Waals surface area contributed by atoms with Crippen LogP contribution in [0.15, 0.2) is 41.8 Å². The highest BCUT2D eigenvalue weighted by Gasteiger charge is 2.19. The van der Waals surface area contributed by atoms with Gasteiger partial charge in [0.1, 0.15) is 0 Å². The van der Waals surface area contributed by atoms with Crippen molar-refractivity contribution in [1.82, 2.24) is 4.98 Å². The van der Waals surface area contributed by atoms with Gasteiger partial charge in [0.05, 0.1) is 12.2 Å². The van der Waals surface area contributed by atoms with E-state index in [1.165, 1.54) is 39.3 Å². The molecular weight excluding hydrogens is 366 g/mol. The highest BCUT2D eigenvalue weighted by molar-refractivity contribution is 7.14. The minimum absolute atomic E-state index is 0.0191. The Bertz CT molecular complexity index is 1020. The first kappa shape index (κ1) is 18.7. The minimum atomic E-state index is -0.0191. The van der Waals surface area contributed by atoms with Crippen molar-refractivity contribution in [3.8, 4) is 11.3 Å². The molecule has 0 unspecified atom stereocenters. The van der Waals surface area contributed by atoms with Crippen LogP contribution in [0.1, 0.15) is 28.7 Å². The lowest BCUT2D eigenvalue weighted by Crippen LogP contribution is -2.36. The van der Waals surface area contributed by atoms with Crippen molar-refractivity contribution in [2.24, 2.45) is 0 Å². The van der Waals surface area contributed by atoms with Crippen LogP contribution in [0.3, 0.4) is 0 Å². The fourth-order valence-corrected chi connectivity index (χ4v) is 4.40. The Morgan fingerprint density at radius 3 is 2.82 bits per heavy atom. The maximum atomic E-state index is 12.6. The maximum absolute atomic E-state index is 12.6. The number of nitrogens with one attached hydrogen (secondary N) is 1. The van der Waals surface area contributed by atoms with Crippen LogP contribution < -0.4 is 10.2 Å². The van der Waals surface area contributed by atoms with Crippen LogP contribution in [0.5, 0.6) is 0 Å². The van der Waals surface area contributed by atoms with Crippen molar-refractivity contribution in [2.45, 2.75) is 33.6 Å². The van der Waals surface area contributed by atoms with Gasteiger partial charge in [-0.1, -0.05) is 29.8 Å². The molecule has 2 heterocycles. The molecule has 144 valence electrons. The topological polar surface area (TPSA) is 45.2 Å². The summed E-state index contributed by atoms with van der Waals surface area (Å²) in [4.78, 5) is 19.4. The molecule has 1 aliphatic heterocycles. The maximum Gasteiger partial charge on any atom is 0.245 e. The van der Waals surface area contributed by atoms with Gasteiger partial charge >= 0.3 is 0 Å². The van der Waals surface area contributed by atoms with Crippen LogP contribution in [-0.4, -0.2) is 24.0 Å². The standard InChI is InChI=1S/C23H25N3OS/c1-15-6-9-21-19(11-15)5-4-10-26(21)13-22(27)25-23-24-20(14-28-23)18-8-7-16(2)17(3)12-18/h6-9,11-12,14H,4-5,10,13H2,1-3H3,(H,24,25,27). The minimum Gasteiger partial charge on any atom is -0.362 e. The largest absolute Gasteiger partial charge is 0.362 e. The molecule has 1 aromatic heterocycles. The van der Waals surface area contributed by atoms with E-state index in [4.69, 9.17) is 0 Å². The number of aromatic nitrogens is 1. The van der Waals surface area contributed by atoms with Gasteiger partial charge in [0.2, 0.25) is 5.91 Å². The van der Waals surface area contributed by atoms with Gasteiger partial charge in [-0.25, -0.2) is 4.98 Å². The lowest BCUT2D eigenvalue weighted by atomic mass is 9.99. The third-order valence-corrected chi connectivity index (χ3v) is 6.10. The SMILES string of the molecule is Cc1ccc2c(c1)CCCN2CC(=O)Nc1nc(-c2ccc(C)c(C)c2)cs1. The van der Waals surface area contributed by atoms with Gasteiger partial charge in [0, 0.05) is 23.2 Å². The average molecular weight is 392 g/mol. The van der Waals surface area contributed by atoms with Crippen LogP contribution in [0.4, 0.5) is 10.8 Å². The summed E-state index contributed by atoms with van der Waals surface area (Å²) in [6, 6.07) is 12.8. The van der Waals surface area contributed by atoms with Crippen molar-refractivity contribution in [3.05, 3.63) is 64.0 Å². The van der Waals surface area contributed by atoms with Crippen LogP contribution in [0.25, 0.3) is 11.3 Å². The zero-order valence-corrected chi connectivity index (χ0v) is 17.4. The number of amides is 1. The van der Waals surface area contributed by atoms with E-state index in [-0.39, 0.29) is 5.91 Å². The van der Waals surface area contributed by atoms with E-state index in [0.717, 1.165) is 30.6 Å². The van der Waals surface area contributed by atoms with Crippen molar-refractivity contribution >= 4 is 28.1 Å². The second-order valence-corrected chi connectivity index (χ2v) is 8.40. The number of nitrogens with zero attached hydrogens (tertiary/aromatic N) is 2. The Morgan fingerprint density at radius 1 is 1.14 bits per heavy atom. The molecule has 2 aromatic carbocycles. The molecule has 4 nitrogen and oxygen atoms in total. The molecule has 0 atom stereocenters. The fraction of sp³-hybridized carbons (Fsp3) is 0.304. The van der Waals surface area contributed by atoms with E-state index < -0.39 is 0 Å².